The van der Waals surface area contributed by atoms with E-state index in [0.29, 0.717) is 6.42 Å². The SMILES string of the molecule is CCCCCCCC=O.CCCCCCCCC(=O)O. The van der Waals surface area contributed by atoms with E-state index in [1.807, 2.05) is 0 Å². The average Bonchev–Trinajstić information content (AvgIpc) is 2.43. The number of aliphatic carboxylic acids is 1. The van der Waals surface area contributed by atoms with Crippen LogP contribution in [0.1, 0.15) is 97.3 Å². The lowest BCUT2D eigenvalue weighted by Gasteiger charge is -1.97. The molecule has 3 heteroatoms. The van der Waals surface area contributed by atoms with Gasteiger partial charge in [0.15, 0.2) is 0 Å². The minimum atomic E-state index is -0.666. The summed E-state index contributed by atoms with van der Waals surface area (Å²) in [5, 5.41) is 8.32. The van der Waals surface area contributed by atoms with Crippen molar-refractivity contribution in [2.75, 3.05) is 0 Å². The molecule has 0 rings (SSSR count). The Morgan fingerprint density at radius 3 is 1.70 bits per heavy atom. The molecular weight excluding hydrogens is 252 g/mol. The molecule has 0 aromatic heterocycles. The van der Waals surface area contributed by atoms with Crippen LogP contribution in [0.3, 0.4) is 0 Å². The number of rotatable bonds is 13. The molecule has 0 fully saturated rings. The van der Waals surface area contributed by atoms with Crippen molar-refractivity contribution in [1.82, 2.24) is 0 Å². The molecule has 1 N–H and O–H groups in total. The summed E-state index contributed by atoms with van der Waals surface area (Å²) in [4.78, 5) is 19.9. The highest BCUT2D eigenvalue weighted by molar-refractivity contribution is 5.66. The fourth-order valence-electron chi connectivity index (χ4n) is 1.89. The summed E-state index contributed by atoms with van der Waals surface area (Å²) in [5.74, 6) is -0.666. The highest BCUT2D eigenvalue weighted by Crippen LogP contribution is 2.06. The van der Waals surface area contributed by atoms with Crippen LogP contribution in [0.2, 0.25) is 0 Å². The Kier molecular flexibility index (Phi) is 21.9. The second-order valence-corrected chi connectivity index (χ2v) is 5.28. The van der Waals surface area contributed by atoms with Crippen LogP contribution < -0.4 is 0 Å². The van der Waals surface area contributed by atoms with Crippen LogP contribution in [-0.2, 0) is 9.59 Å². The van der Waals surface area contributed by atoms with Gasteiger partial charge in [-0.2, -0.15) is 0 Å². The van der Waals surface area contributed by atoms with Crippen LogP contribution in [0.4, 0.5) is 0 Å². The monoisotopic (exact) mass is 286 g/mol. The van der Waals surface area contributed by atoms with Crippen LogP contribution in [-0.4, -0.2) is 17.4 Å². The Hall–Kier alpha value is -0.860. The van der Waals surface area contributed by atoms with Crippen LogP contribution in [0.15, 0.2) is 0 Å². The molecule has 0 aliphatic carbocycles. The smallest absolute Gasteiger partial charge is 0.303 e. The van der Waals surface area contributed by atoms with Gasteiger partial charge < -0.3 is 9.90 Å². The molecule has 0 atom stereocenters. The third-order valence-corrected chi connectivity index (χ3v) is 3.17. The molecule has 0 radical (unpaired) electrons. The first-order valence-corrected chi connectivity index (χ1v) is 8.34. The summed E-state index contributed by atoms with van der Waals surface area (Å²) in [5.41, 5.74) is 0. The largest absolute Gasteiger partial charge is 0.481 e. The van der Waals surface area contributed by atoms with E-state index >= 15 is 0 Å². The summed E-state index contributed by atoms with van der Waals surface area (Å²) >= 11 is 0. The molecule has 3 nitrogen and oxygen atoms in total. The molecule has 20 heavy (non-hydrogen) atoms. The molecule has 0 aromatic carbocycles. The minimum Gasteiger partial charge on any atom is -0.481 e. The molecule has 0 aliphatic rings. The van der Waals surface area contributed by atoms with Crippen molar-refractivity contribution in [3.05, 3.63) is 0 Å². The zero-order valence-electron chi connectivity index (χ0n) is 13.5. The summed E-state index contributed by atoms with van der Waals surface area (Å²) in [6, 6.07) is 0. The van der Waals surface area contributed by atoms with Gasteiger partial charge in [0.25, 0.3) is 0 Å². The van der Waals surface area contributed by atoms with Gasteiger partial charge in [-0.15, -0.1) is 0 Å². The number of carboxylic acids is 1. The van der Waals surface area contributed by atoms with E-state index in [9.17, 15) is 9.59 Å². The van der Waals surface area contributed by atoms with Crippen LogP contribution in [0.5, 0.6) is 0 Å². The molecule has 120 valence electrons. The summed E-state index contributed by atoms with van der Waals surface area (Å²) in [6.45, 7) is 4.37. The highest BCUT2D eigenvalue weighted by Gasteiger charge is 1.95. The van der Waals surface area contributed by atoms with Gasteiger partial charge in [-0.25, -0.2) is 0 Å². The summed E-state index contributed by atoms with van der Waals surface area (Å²) in [7, 11) is 0. The molecule has 0 unspecified atom stereocenters. The second-order valence-electron chi connectivity index (χ2n) is 5.28. The van der Waals surface area contributed by atoms with E-state index in [4.69, 9.17) is 5.11 Å². The van der Waals surface area contributed by atoms with Gasteiger partial charge in [0.1, 0.15) is 6.29 Å². The Balaban J connectivity index is 0. The molecule has 0 spiro atoms. The second kappa shape index (κ2) is 20.5. The first-order valence-electron chi connectivity index (χ1n) is 8.34. The Bertz CT molecular complexity index is 202. The number of hydrogen-bond donors (Lipinski definition) is 1. The van der Waals surface area contributed by atoms with Gasteiger partial charge >= 0.3 is 5.97 Å². The highest BCUT2D eigenvalue weighted by atomic mass is 16.4. The number of carbonyl (C=O) groups excluding carboxylic acids is 1. The van der Waals surface area contributed by atoms with E-state index in [0.717, 1.165) is 32.0 Å². The lowest BCUT2D eigenvalue weighted by atomic mass is 10.1. The molecule has 0 heterocycles. The fourth-order valence-corrected chi connectivity index (χ4v) is 1.89. The third-order valence-electron chi connectivity index (χ3n) is 3.17. The molecule has 0 aliphatic heterocycles. The number of hydrogen-bond acceptors (Lipinski definition) is 2. The maximum Gasteiger partial charge on any atom is 0.303 e. The van der Waals surface area contributed by atoms with Crippen molar-refractivity contribution in [1.29, 1.82) is 0 Å². The Morgan fingerprint density at radius 1 is 0.800 bits per heavy atom. The van der Waals surface area contributed by atoms with Crippen molar-refractivity contribution < 1.29 is 14.7 Å². The first kappa shape index (κ1) is 21.4. The normalized spacial score (nSPS) is 9.70. The lowest BCUT2D eigenvalue weighted by molar-refractivity contribution is -0.137. The lowest BCUT2D eigenvalue weighted by Crippen LogP contribution is -1.93. The third kappa shape index (κ3) is 25.9. The number of aldehydes is 1. The Morgan fingerprint density at radius 2 is 1.25 bits per heavy atom. The van der Waals surface area contributed by atoms with Gasteiger partial charge in [-0.3, -0.25) is 4.79 Å². The van der Waals surface area contributed by atoms with Gasteiger partial charge in [0.05, 0.1) is 0 Å². The maximum atomic E-state index is 10.1. The molecule has 0 saturated carbocycles. The summed E-state index contributed by atoms with van der Waals surface area (Å²) < 4.78 is 0. The number of carbonyl (C=O) groups is 2. The van der Waals surface area contributed by atoms with E-state index in [1.165, 1.54) is 51.4 Å². The van der Waals surface area contributed by atoms with Crippen molar-refractivity contribution in [3.63, 3.8) is 0 Å². The molecule has 0 saturated heterocycles. The van der Waals surface area contributed by atoms with Gasteiger partial charge in [0.2, 0.25) is 0 Å². The van der Waals surface area contributed by atoms with Gasteiger partial charge in [-0.05, 0) is 12.8 Å². The standard InChI is InChI=1S/C9H18O2.C8H16O/c1-2-3-4-5-6-7-8-9(10)11;1-2-3-4-5-6-7-8-9/h2-8H2,1H3,(H,10,11);8H,2-7H2,1H3. The van der Waals surface area contributed by atoms with Crippen molar-refractivity contribution >= 4 is 12.3 Å². The van der Waals surface area contributed by atoms with Gasteiger partial charge in [0, 0.05) is 12.8 Å². The van der Waals surface area contributed by atoms with Crippen LogP contribution in [0.25, 0.3) is 0 Å². The minimum absolute atomic E-state index is 0.339. The van der Waals surface area contributed by atoms with E-state index < -0.39 is 5.97 Å². The van der Waals surface area contributed by atoms with E-state index in [-0.39, 0.29) is 0 Å². The first-order chi connectivity index (χ1) is 9.68. The zero-order chi connectivity index (χ0) is 15.5. The van der Waals surface area contributed by atoms with Crippen LogP contribution in [0, 0.1) is 0 Å². The van der Waals surface area contributed by atoms with Crippen molar-refractivity contribution in [3.8, 4) is 0 Å². The predicted molar refractivity (Wildman–Crippen MR) is 85.1 cm³/mol. The van der Waals surface area contributed by atoms with Crippen molar-refractivity contribution in [2.24, 2.45) is 0 Å². The number of unbranched alkanes of at least 4 members (excludes halogenated alkanes) is 10. The van der Waals surface area contributed by atoms with Gasteiger partial charge in [-0.1, -0.05) is 71.6 Å². The van der Waals surface area contributed by atoms with Crippen molar-refractivity contribution in [2.45, 2.75) is 97.3 Å². The predicted octanol–water partition coefficient (Wildman–Crippen LogP) is 5.37. The quantitative estimate of drug-likeness (QED) is 0.366. The molecule has 0 bridgehead atoms. The molecule has 0 aromatic rings. The maximum absolute atomic E-state index is 10.1. The van der Waals surface area contributed by atoms with E-state index in [2.05, 4.69) is 13.8 Å². The number of carboxylic acid groups (broad SMARTS) is 1. The average molecular weight is 286 g/mol. The fraction of sp³-hybridized carbons (Fsp3) is 0.882. The topological polar surface area (TPSA) is 54.4 Å². The van der Waals surface area contributed by atoms with Crippen LogP contribution >= 0.6 is 0 Å². The molecular formula is C17H34O3. The van der Waals surface area contributed by atoms with E-state index in [1.54, 1.807) is 0 Å². The summed E-state index contributed by atoms with van der Waals surface area (Å²) in [6.07, 6.45) is 15.2. The molecule has 0 amide bonds. The Labute approximate surface area is 125 Å². The zero-order valence-corrected chi connectivity index (χ0v) is 13.5.